The van der Waals surface area contributed by atoms with Crippen LogP contribution in [0.15, 0.2) is 18.2 Å². The zero-order chi connectivity index (χ0) is 14.8. The van der Waals surface area contributed by atoms with Crippen molar-refractivity contribution >= 4 is 6.09 Å². The highest BCUT2D eigenvalue weighted by atomic mass is 16.6. The summed E-state index contributed by atoms with van der Waals surface area (Å²) in [5.41, 5.74) is 8.84. The van der Waals surface area contributed by atoms with Crippen LogP contribution < -0.4 is 11.1 Å². The van der Waals surface area contributed by atoms with Gasteiger partial charge in [0.1, 0.15) is 5.60 Å². The van der Waals surface area contributed by atoms with Crippen molar-refractivity contribution in [3.05, 3.63) is 34.9 Å². The molecule has 1 aromatic carbocycles. The first-order chi connectivity index (χ1) is 9.39. The van der Waals surface area contributed by atoms with Crippen molar-refractivity contribution in [2.45, 2.75) is 58.2 Å². The van der Waals surface area contributed by atoms with Crippen LogP contribution in [0.2, 0.25) is 0 Å². The fourth-order valence-electron chi connectivity index (χ4n) is 2.59. The van der Waals surface area contributed by atoms with Gasteiger partial charge in [-0.25, -0.2) is 4.79 Å². The fraction of sp³-hybridized carbons (Fsp3) is 0.562. The lowest BCUT2D eigenvalue weighted by Gasteiger charge is -2.28. The van der Waals surface area contributed by atoms with Gasteiger partial charge in [-0.3, -0.25) is 0 Å². The molecule has 1 aromatic rings. The molecule has 2 rings (SSSR count). The van der Waals surface area contributed by atoms with Crippen LogP contribution in [0, 0.1) is 0 Å². The number of amides is 1. The highest BCUT2D eigenvalue weighted by Crippen LogP contribution is 2.30. The standard InChI is InChI=1S/C16H24N2O2/c1-16(2,3)20-15(19)18-14-6-4-5-12-9-11(10-17)7-8-13(12)14/h7-9,14H,4-6,10,17H2,1-3H3,(H,18,19)/t14-/m1/s1. The Kier molecular flexibility index (Phi) is 4.33. The van der Waals surface area contributed by atoms with Gasteiger partial charge in [0.15, 0.2) is 0 Å². The van der Waals surface area contributed by atoms with E-state index in [1.807, 2.05) is 26.8 Å². The van der Waals surface area contributed by atoms with Crippen LogP contribution in [0.4, 0.5) is 4.79 Å². The molecule has 0 spiro atoms. The summed E-state index contributed by atoms with van der Waals surface area (Å²) < 4.78 is 5.33. The van der Waals surface area contributed by atoms with E-state index in [4.69, 9.17) is 10.5 Å². The number of hydrogen-bond donors (Lipinski definition) is 2. The van der Waals surface area contributed by atoms with Crippen LogP contribution in [0.5, 0.6) is 0 Å². The second kappa shape index (κ2) is 5.83. The molecule has 3 N–H and O–H groups in total. The Bertz CT molecular complexity index is 492. The number of fused-ring (bicyclic) bond motifs is 1. The van der Waals surface area contributed by atoms with Gasteiger partial charge in [-0.15, -0.1) is 0 Å². The second-order valence-electron chi connectivity index (χ2n) is 6.33. The molecular formula is C16H24N2O2. The summed E-state index contributed by atoms with van der Waals surface area (Å²) >= 11 is 0. The number of carbonyl (C=O) groups is 1. The minimum absolute atomic E-state index is 0.0421. The van der Waals surface area contributed by atoms with Crippen molar-refractivity contribution in [3.8, 4) is 0 Å². The van der Waals surface area contributed by atoms with Gasteiger partial charge in [0, 0.05) is 6.54 Å². The third kappa shape index (κ3) is 3.73. The SMILES string of the molecule is CC(C)(C)OC(=O)N[C@@H]1CCCc2cc(CN)ccc21. The Labute approximate surface area is 120 Å². The smallest absolute Gasteiger partial charge is 0.408 e. The summed E-state index contributed by atoms with van der Waals surface area (Å²) in [4.78, 5) is 11.9. The van der Waals surface area contributed by atoms with E-state index in [1.165, 1.54) is 11.1 Å². The van der Waals surface area contributed by atoms with E-state index < -0.39 is 5.60 Å². The average molecular weight is 276 g/mol. The lowest BCUT2D eigenvalue weighted by Crippen LogP contribution is -2.36. The number of alkyl carbamates (subject to hydrolysis) is 1. The first-order valence-corrected chi connectivity index (χ1v) is 7.20. The van der Waals surface area contributed by atoms with Crippen LogP contribution >= 0.6 is 0 Å². The van der Waals surface area contributed by atoms with Crippen LogP contribution in [0.25, 0.3) is 0 Å². The van der Waals surface area contributed by atoms with Gasteiger partial charge in [-0.2, -0.15) is 0 Å². The largest absolute Gasteiger partial charge is 0.444 e. The maximum atomic E-state index is 11.9. The van der Waals surface area contributed by atoms with Gasteiger partial charge in [0.25, 0.3) is 0 Å². The molecule has 0 aliphatic heterocycles. The van der Waals surface area contributed by atoms with E-state index in [0.29, 0.717) is 6.54 Å². The number of nitrogens with two attached hydrogens (primary N) is 1. The molecule has 20 heavy (non-hydrogen) atoms. The van der Waals surface area contributed by atoms with Gasteiger partial charge in [0.05, 0.1) is 6.04 Å². The minimum Gasteiger partial charge on any atom is -0.444 e. The summed E-state index contributed by atoms with van der Waals surface area (Å²) in [6, 6.07) is 6.31. The maximum Gasteiger partial charge on any atom is 0.408 e. The zero-order valence-corrected chi connectivity index (χ0v) is 12.5. The number of carbonyl (C=O) groups excluding carboxylic acids is 1. The number of hydrogen-bond acceptors (Lipinski definition) is 3. The Hall–Kier alpha value is -1.55. The van der Waals surface area contributed by atoms with Crippen LogP contribution in [0.3, 0.4) is 0 Å². The molecule has 0 fully saturated rings. The van der Waals surface area contributed by atoms with Gasteiger partial charge >= 0.3 is 6.09 Å². The summed E-state index contributed by atoms with van der Waals surface area (Å²) in [7, 11) is 0. The highest BCUT2D eigenvalue weighted by Gasteiger charge is 2.24. The summed E-state index contributed by atoms with van der Waals surface area (Å²) in [5.74, 6) is 0. The second-order valence-corrected chi connectivity index (χ2v) is 6.33. The molecule has 4 nitrogen and oxygen atoms in total. The molecule has 0 radical (unpaired) electrons. The van der Waals surface area contributed by atoms with Crippen molar-refractivity contribution < 1.29 is 9.53 Å². The van der Waals surface area contributed by atoms with Crippen molar-refractivity contribution in [2.75, 3.05) is 0 Å². The number of benzene rings is 1. The van der Waals surface area contributed by atoms with Crippen LogP contribution in [0.1, 0.15) is 56.3 Å². The van der Waals surface area contributed by atoms with E-state index >= 15 is 0 Å². The first-order valence-electron chi connectivity index (χ1n) is 7.20. The molecule has 0 unspecified atom stereocenters. The monoisotopic (exact) mass is 276 g/mol. The third-order valence-corrected chi connectivity index (χ3v) is 3.45. The quantitative estimate of drug-likeness (QED) is 0.872. The minimum atomic E-state index is -0.467. The average Bonchev–Trinajstić information content (AvgIpc) is 2.36. The Morgan fingerprint density at radius 2 is 2.20 bits per heavy atom. The van der Waals surface area contributed by atoms with Crippen LogP contribution in [-0.4, -0.2) is 11.7 Å². The number of ether oxygens (including phenoxy) is 1. The Morgan fingerprint density at radius 1 is 1.45 bits per heavy atom. The van der Waals surface area contributed by atoms with E-state index in [2.05, 4.69) is 17.4 Å². The molecular weight excluding hydrogens is 252 g/mol. The van der Waals surface area contributed by atoms with Gasteiger partial charge in [-0.05, 0) is 56.7 Å². The molecule has 0 bridgehead atoms. The number of nitrogens with one attached hydrogen (secondary N) is 1. The topological polar surface area (TPSA) is 64.3 Å². The van der Waals surface area contributed by atoms with Gasteiger partial charge in [-0.1, -0.05) is 18.2 Å². The maximum absolute atomic E-state index is 11.9. The van der Waals surface area contributed by atoms with Gasteiger partial charge in [0.2, 0.25) is 0 Å². The highest BCUT2D eigenvalue weighted by molar-refractivity contribution is 5.68. The Balaban J connectivity index is 2.10. The molecule has 0 saturated carbocycles. The predicted octanol–water partition coefficient (Wildman–Crippen LogP) is 3.05. The zero-order valence-electron chi connectivity index (χ0n) is 12.5. The van der Waals surface area contributed by atoms with Crippen molar-refractivity contribution in [2.24, 2.45) is 5.73 Å². The lowest BCUT2D eigenvalue weighted by atomic mass is 9.86. The Morgan fingerprint density at radius 3 is 2.85 bits per heavy atom. The molecule has 1 aliphatic rings. The van der Waals surface area contributed by atoms with E-state index in [9.17, 15) is 4.79 Å². The lowest BCUT2D eigenvalue weighted by molar-refractivity contribution is 0.0498. The van der Waals surface area contributed by atoms with E-state index in [0.717, 1.165) is 24.8 Å². The third-order valence-electron chi connectivity index (χ3n) is 3.45. The fourth-order valence-corrected chi connectivity index (χ4v) is 2.59. The van der Waals surface area contributed by atoms with Crippen molar-refractivity contribution in [1.29, 1.82) is 0 Å². The summed E-state index contributed by atoms with van der Waals surface area (Å²) in [6.45, 7) is 6.16. The van der Waals surface area contributed by atoms with E-state index in [-0.39, 0.29) is 12.1 Å². The molecule has 4 heteroatoms. The summed E-state index contributed by atoms with van der Waals surface area (Å²) in [6.07, 6.45) is 2.73. The molecule has 110 valence electrons. The predicted molar refractivity (Wildman–Crippen MR) is 79.4 cm³/mol. The molecule has 1 atom stereocenters. The molecule has 0 aromatic heterocycles. The summed E-state index contributed by atoms with van der Waals surface area (Å²) in [5, 5.41) is 2.98. The molecule has 1 aliphatic carbocycles. The number of aryl methyl sites for hydroxylation is 1. The van der Waals surface area contributed by atoms with Crippen LogP contribution in [-0.2, 0) is 17.7 Å². The molecule has 0 saturated heterocycles. The number of rotatable bonds is 2. The normalized spacial score (nSPS) is 18.3. The molecule has 0 heterocycles. The van der Waals surface area contributed by atoms with Crippen molar-refractivity contribution in [1.82, 2.24) is 5.32 Å². The van der Waals surface area contributed by atoms with E-state index in [1.54, 1.807) is 0 Å². The van der Waals surface area contributed by atoms with Crippen molar-refractivity contribution in [3.63, 3.8) is 0 Å². The first kappa shape index (κ1) is 14.9. The molecule has 1 amide bonds. The van der Waals surface area contributed by atoms with Gasteiger partial charge < -0.3 is 15.8 Å².